The number of primary amides is 1. The van der Waals surface area contributed by atoms with Gasteiger partial charge in [0.2, 0.25) is 5.91 Å². The fourth-order valence-corrected chi connectivity index (χ4v) is 1.72. The average molecular weight is 299 g/mol. The summed E-state index contributed by atoms with van der Waals surface area (Å²) in [5, 5.41) is 2.77. The zero-order valence-electron chi connectivity index (χ0n) is 9.79. The Hall–Kier alpha value is -1.36. The van der Waals surface area contributed by atoms with Gasteiger partial charge in [-0.3, -0.25) is 9.59 Å². The van der Waals surface area contributed by atoms with Gasteiger partial charge in [-0.1, -0.05) is 15.9 Å². The molecular formula is C12H15BrN2O2. The van der Waals surface area contributed by atoms with Crippen LogP contribution in [-0.2, 0) is 4.79 Å². The first-order valence-corrected chi connectivity index (χ1v) is 5.96. The van der Waals surface area contributed by atoms with Crippen LogP contribution in [0.2, 0.25) is 0 Å². The molecule has 0 spiro atoms. The lowest BCUT2D eigenvalue weighted by atomic mass is 9.99. The zero-order valence-corrected chi connectivity index (χ0v) is 11.4. The highest BCUT2D eigenvalue weighted by molar-refractivity contribution is 9.10. The monoisotopic (exact) mass is 298 g/mol. The third-order valence-electron chi connectivity index (χ3n) is 2.17. The van der Waals surface area contributed by atoms with E-state index < -0.39 is 11.4 Å². The number of amides is 2. The van der Waals surface area contributed by atoms with Crippen molar-refractivity contribution in [3.63, 3.8) is 0 Å². The molecule has 92 valence electrons. The Labute approximate surface area is 109 Å². The highest BCUT2D eigenvalue weighted by atomic mass is 79.9. The molecular weight excluding hydrogens is 284 g/mol. The fourth-order valence-electron chi connectivity index (χ4n) is 1.46. The molecule has 0 heterocycles. The van der Waals surface area contributed by atoms with Crippen LogP contribution in [0.15, 0.2) is 28.7 Å². The van der Waals surface area contributed by atoms with Crippen molar-refractivity contribution in [1.29, 1.82) is 0 Å². The van der Waals surface area contributed by atoms with E-state index in [-0.39, 0.29) is 12.3 Å². The molecule has 0 aliphatic carbocycles. The molecule has 1 aromatic rings. The van der Waals surface area contributed by atoms with E-state index in [0.29, 0.717) is 5.56 Å². The molecule has 0 aromatic heterocycles. The molecule has 0 radical (unpaired) electrons. The van der Waals surface area contributed by atoms with E-state index in [0.717, 1.165) is 4.47 Å². The number of carbonyl (C=O) groups excluding carboxylic acids is 2. The van der Waals surface area contributed by atoms with Crippen LogP contribution in [0.25, 0.3) is 0 Å². The van der Waals surface area contributed by atoms with Gasteiger partial charge in [0.1, 0.15) is 0 Å². The third-order valence-corrected chi connectivity index (χ3v) is 2.70. The first-order chi connectivity index (χ1) is 7.80. The average Bonchev–Trinajstić information content (AvgIpc) is 2.15. The Bertz CT molecular complexity index is 427. The number of hydrogen-bond acceptors (Lipinski definition) is 2. The van der Waals surface area contributed by atoms with Crippen molar-refractivity contribution < 1.29 is 9.59 Å². The number of hydrogen-bond donors (Lipinski definition) is 2. The molecule has 17 heavy (non-hydrogen) atoms. The van der Waals surface area contributed by atoms with Crippen molar-refractivity contribution in [2.45, 2.75) is 25.8 Å². The minimum atomic E-state index is -0.643. The van der Waals surface area contributed by atoms with Gasteiger partial charge in [0.15, 0.2) is 0 Å². The number of rotatable bonds is 4. The topological polar surface area (TPSA) is 72.2 Å². The van der Waals surface area contributed by atoms with Crippen LogP contribution in [0.4, 0.5) is 0 Å². The largest absolute Gasteiger partial charge is 0.370 e. The van der Waals surface area contributed by atoms with Gasteiger partial charge in [-0.15, -0.1) is 0 Å². The van der Waals surface area contributed by atoms with Crippen LogP contribution in [0.3, 0.4) is 0 Å². The van der Waals surface area contributed by atoms with E-state index in [1.54, 1.807) is 38.1 Å². The molecule has 1 rings (SSSR count). The molecule has 0 atom stereocenters. The summed E-state index contributed by atoms with van der Waals surface area (Å²) in [6.07, 6.45) is 0.106. The molecule has 0 saturated heterocycles. The second kappa shape index (κ2) is 5.31. The van der Waals surface area contributed by atoms with Crippen molar-refractivity contribution in [1.82, 2.24) is 5.32 Å². The molecule has 4 nitrogen and oxygen atoms in total. The quantitative estimate of drug-likeness (QED) is 0.890. The van der Waals surface area contributed by atoms with Gasteiger partial charge >= 0.3 is 0 Å². The maximum Gasteiger partial charge on any atom is 0.251 e. The second-order valence-electron chi connectivity index (χ2n) is 4.49. The molecule has 0 unspecified atom stereocenters. The fraction of sp³-hybridized carbons (Fsp3) is 0.333. The van der Waals surface area contributed by atoms with Crippen LogP contribution in [0, 0.1) is 0 Å². The number of nitrogens with two attached hydrogens (primary N) is 1. The van der Waals surface area contributed by atoms with E-state index in [1.807, 2.05) is 0 Å². The van der Waals surface area contributed by atoms with Gasteiger partial charge in [-0.05, 0) is 38.1 Å². The molecule has 0 fully saturated rings. The van der Waals surface area contributed by atoms with Crippen LogP contribution in [0.5, 0.6) is 0 Å². The Balaban J connectivity index is 2.72. The molecule has 0 bridgehead atoms. The zero-order chi connectivity index (χ0) is 13.1. The van der Waals surface area contributed by atoms with Gasteiger partial charge in [-0.2, -0.15) is 0 Å². The number of benzene rings is 1. The van der Waals surface area contributed by atoms with Crippen molar-refractivity contribution in [3.8, 4) is 0 Å². The van der Waals surface area contributed by atoms with E-state index in [2.05, 4.69) is 21.2 Å². The normalized spacial score (nSPS) is 11.0. The van der Waals surface area contributed by atoms with Crippen molar-refractivity contribution in [3.05, 3.63) is 34.3 Å². The maximum atomic E-state index is 11.9. The molecule has 5 heteroatoms. The summed E-state index contributed by atoms with van der Waals surface area (Å²) in [6.45, 7) is 3.52. The lowest BCUT2D eigenvalue weighted by molar-refractivity contribution is -0.119. The summed E-state index contributed by atoms with van der Waals surface area (Å²) in [5.74, 6) is -0.658. The van der Waals surface area contributed by atoms with Gasteiger partial charge in [0, 0.05) is 22.0 Å². The van der Waals surface area contributed by atoms with Gasteiger partial charge in [-0.25, -0.2) is 0 Å². The first kappa shape index (κ1) is 13.7. The minimum Gasteiger partial charge on any atom is -0.370 e. The minimum absolute atomic E-state index is 0.106. The Morgan fingerprint density at radius 3 is 2.29 bits per heavy atom. The van der Waals surface area contributed by atoms with Gasteiger partial charge < -0.3 is 11.1 Å². The second-order valence-corrected chi connectivity index (χ2v) is 5.40. The van der Waals surface area contributed by atoms with Crippen molar-refractivity contribution in [2.75, 3.05) is 0 Å². The summed E-state index contributed by atoms with van der Waals surface area (Å²) in [6, 6.07) is 6.99. The van der Waals surface area contributed by atoms with Crippen LogP contribution >= 0.6 is 15.9 Å². The molecule has 3 N–H and O–H groups in total. The highest BCUT2D eigenvalue weighted by Crippen LogP contribution is 2.13. The Kier molecular flexibility index (Phi) is 4.28. The summed E-state index contributed by atoms with van der Waals surface area (Å²) in [4.78, 5) is 22.7. The molecule has 0 aliphatic heterocycles. The summed E-state index contributed by atoms with van der Waals surface area (Å²) >= 11 is 3.30. The van der Waals surface area contributed by atoms with Crippen LogP contribution < -0.4 is 11.1 Å². The lowest BCUT2D eigenvalue weighted by Crippen LogP contribution is -2.46. The van der Waals surface area contributed by atoms with E-state index in [1.165, 1.54) is 0 Å². The van der Waals surface area contributed by atoms with Crippen molar-refractivity contribution in [2.24, 2.45) is 5.73 Å². The maximum absolute atomic E-state index is 11.9. The number of halogens is 1. The Morgan fingerprint density at radius 1 is 1.29 bits per heavy atom. The SMILES string of the molecule is CC(C)(CC(N)=O)NC(=O)c1ccc(Br)cc1. The molecule has 1 aromatic carbocycles. The van der Waals surface area contributed by atoms with E-state index in [9.17, 15) is 9.59 Å². The third kappa shape index (κ3) is 4.56. The molecule has 0 saturated carbocycles. The summed E-state index contributed by atoms with van der Waals surface area (Å²) in [5.41, 5.74) is 5.02. The smallest absolute Gasteiger partial charge is 0.251 e. The standard InChI is InChI=1S/C12H15BrN2O2/c1-12(2,7-10(14)16)15-11(17)8-3-5-9(13)6-4-8/h3-6H,7H2,1-2H3,(H2,14,16)(H,15,17). The van der Waals surface area contributed by atoms with Crippen LogP contribution in [-0.4, -0.2) is 17.4 Å². The highest BCUT2D eigenvalue weighted by Gasteiger charge is 2.23. The molecule has 2 amide bonds. The van der Waals surface area contributed by atoms with Gasteiger partial charge in [0.05, 0.1) is 0 Å². The number of nitrogens with one attached hydrogen (secondary N) is 1. The van der Waals surface area contributed by atoms with Crippen LogP contribution in [0.1, 0.15) is 30.6 Å². The van der Waals surface area contributed by atoms with E-state index >= 15 is 0 Å². The summed E-state index contributed by atoms with van der Waals surface area (Å²) < 4.78 is 0.908. The predicted molar refractivity (Wildman–Crippen MR) is 69.5 cm³/mol. The predicted octanol–water partition coefficient (Wildman–Crippen LogP) is 1.83. The molecule has 0 aliphatic rings. The lowest BCUT2D eigenvalue weighted by Gasteiger charge is -2.24. The number of carbonyl (C=O) groups is 2. The van der Waals surface area contributed by atoms with Crippen molar-refractivity contribution >= 4 is 27.7 Å². The summed E-state index contributed by atoms with van der Waals surface area (Å²) in [7, 11) is 0. The van der Waals surface area contributed by atoms with Gasteiger partial charge in [0.25, 0.3) is 5.91 Å². The van der Waals surface area contributed by atoms with E-state index in [4.69, 9.17) is 5.73 Å². The Morgan fingerprint density at radius 2 is 1.82 bits per heavy atom. The first-order valence-electron chi connectivity index (χ1n) is 5.16.